The molecule has 21 heavy (non-hydrogen) atoms. The van der Waals surface area contributed by atoms with Crippen molar-refractivity contribution in [2.45, 2.75) is 46.0 Å². The molecule has 2 rings (SSSR count). The van der Waals surface area contributed by atoms with Crippen LogP contribution in [0.1, 0.15) is 43.7 Å². The highest BCUT2D eigenvalue weighted by molar-refractivity contribution is 5.35. The minimum Gasteiger partial charge on any atom is -0.493 e. The zero-order chi connectivity index (χ0) is 15.5. The standard InChI is InChI=1S/C16H21NO4/c1-11-6-7-12(2)13(10-11)19-9-5-8-16(3,4)14-17-21-15(18)20-14/h6-7,10H,5,8-9H2,1-4H3. The van der Waals surface area contributed by atoms with Gasteiger partial charge in [0.2, 0.25) is 5.89 Å². The van der Waals surface area contributed by atoms with Crippen molar-refractivity contribution in [1.29, 1.82) is 0 Å². The fraction of sp³-hybridized carbons (Fsp3) is 0.500. The number of ether oxygens (including phenoxy) is 1. The molecule has 0 aliphatic rings. The summed E-state index contributed by atoms with van der Waals surface area (Å²) < 4.78 is 15.2. The lowest BCUT2D eigenvalue weighted by Gasteiger charge is -2.19. The lowest BCUT2D eigenvalue weighted by Crippen LogP contribution is -2.19. The van der Waals surface area contributed by atoms with E-state index in [0.29, 0.717) is 12.5 Å². The van der Waals surface area contributed by atoms with Gasteiger partial charge in [-0.2, -0.15) is 0 Å². The molecule has 0 saturated heterocycles. The number of hydrogen-bond donors (Lipinski definition) is 0. The van der Waals surface area contributed by atoms with Crippen molar-refractivity contribution in [2.75, 3.05) is 6.61 Å². The van der Waals surface area contributed by atoms with E-state index < -0.39 is 5.82 Å². The van der Waals surface area contributed by atoms with E-state index >= 15 is 0 Å². The third-order valence-corrected chi connectivity index (χ3v) is 3.51. The first-order valence-electron chi connectivity index (χ1n) is 7.06. The quantitative estimate of drug-likeness (QED) is 0.763. The summed E-state index contributed by atoms with van der Waals surface area (Å²) in [6.45, 7) is 8.61. The highest BCUT2D eigenvalue weighted by Gasteiger charge is 2.27. The molecule has 0 saturated carbocycles. The number of aromatic nitrogens is 1. The van der Waals surface area contributed by atoms with Crippen molar-refractivity contribution >= 4 is 0 Å². The zero-order valence-electron chi connectivity index (χ0n) is 12.9. The summed E-state index contributed by atoms with van der Waals surface area (Å²) in [7, 11) is 0. The highest BCUT2D eigenvalue weighted by Crippen LogP contribution is 2.26. The first kappa shape index (κ1) is 15.4. The van der Waals surface area contributed by atoms with Crippen LogP contribution in [0.3, 0.4) is 0 Å². The molecule has 0 radical (unpaired) electrons. The average Bonchev–Trinajstić information content (AvgIpc) is 2.86. The Morgan fingerprint density at radius 3 is 2.71 bits per heavy atom. The maximum atomic E-state index is 10.9. The molecule has 0 unspecified atom stereocenters. The SMILES string of the molecule is Cc1ccc(C)c(OCCCC(C)(C)c2noc(=O)o2)c1. The lowest BCUT2D eigenvalue weighted by molar-refractivity contribution is 0.269. The van der Waals surface area contributed by atoms with Crippen molar-refractivity contribution < 1.29 is 13.7 Å². The van der Waals surface area contributed by atoms with Gasteiger partial charge >= 0.3 is 5.82 Å². The second-order valence-electron chi connectivity index (χ2n) is 5.94. The topological polar surface area (TPSA) is 65.5 Å². The van der Waals surface area contributed by atoms with Gasteiger partial charge in [0.1, 0.15) is 5.75 Å². The summed E-state index contributed by atoms with van der Waals surface area (Å²) in [6, 6.07) is 6.16. The second kappa shape index (κ2) is 6.16. The molecule has 5 nitrogen and oxygen atoms in total. The van der Waals surface area contributed by atoms with Crippen molar-refractivity contribution in [3.8, 4) is 5.75 Å². The Balaban J connectivity index is 1.87. The van der Waals surface area contributed by atoms with Gasteiger partial charge in [-0.1, -0.05) is 26.0 Å². The van der Waals surface area contributed by atoms with Crippen LogP contribution in [0.2, 0.25) is 0 Å². The number of benzene rings is 1. The molecule has 1 aromatic carbocycles. The molecule has 2 aromatic rings. The van der Waals surface area contributed by atoms with Crippen molar-refractivity contribution in [2.24, 2.45) is 0 Å². The summed E-state index contributed by atoms with van der Waals surface area (Å²) in [6.07, 6.45) is 1.62. The van der Waals surface area contributed by atoms with E-state index in [1.807, 2.05) is 33.8 Å². The van der Waals surface area contributed by atoms with Gasteiger partial charge in [-0.15, -0.1) is 0 Å². The minimum absolute atomic E-state index is 0.333. The third kappa shape index (κ3) is 3.97. The van der Waals surface area contributed by atoms with Gasteiger partial charge in [-0.3, -0.25) is 4.52 Å². The van der Waals surface area contributed by atoms with Gasteiger partial charge in [-0.05, 0) is 49.0 Å². The Morgan fingerprint density at radius 1 is 1.29 bits per heavy atom. The summed E-state index contributed by atoms with van der Waals surface area (Å²) in [5.41, 5.74) is 1.96. The van der Waals surface area contributed by atoms with Gasteiger partial charge in [-0.25, -0.2) is 4.79 Å². The van der Waals surface area contributed by atoms with E-state index in [0.717, 1.165) is 24.2 Å². The first-order valence-corrected chi connectivity index (χ1v) is 7.06. The fourth-order valence-corrected chi connectivity index (χ4v) is 2.12. The van der Waals surface area contributed by atoms with Gasteiger partial charge < -0.3 is 9.15 Å². The molecule has 114 valence electrons. The summed E-state index contributed by atoms with van der Waals surface area (Å²) in [5.74, 6) is 0.490. The minimum atomic E-state index is -0.760. The Bertz CT molecular complexity index is 654. The van der Waals surface area contributed by atoms with Crippen molar-refractivity contribution in [3.05, 3.63) is 45.8 Å². The van der Waals surface area contributed by atoms with Crippen LogP contribution in [-0.2, 0) is 5.41 Å². The molecular weight excluding hydrogens is 270 g/mol. The van der Waals surface area contributed by atoms with Crippen LogP contribution >= 0.6 is 0 Å². The molecule has 0 spiro atoms. The van der Waals surface area contributed by atoms with Gasteiger partial charge in [0.15, 0.2) is 0 Å². The number of aryl methyl sites for hydroxylation is 2. The van der Waals surface area contributed by atoms with Gasteiger partial charge in [0.25, 0.3) is 0 Å². The van der Waals surface area contributed by atoms with E-state index in [1.165, 1.54) is 5.56 Å². The van der Waals surface area contributed by atoms with Crippen LogP contribution in [0, 0.1) is 13.8 Å². The molecule has 0 amide bonds. The number of nitrogens with zero attached hydrogens (tertiary/aromatic N) is 1. The van der Waals surface area contributed by atoms with Crippen LogP contribution in [0.25, 0.3) is 0 Å². The lowest BCUT2D eigenvalue weighted by atomic mass is 9.88. The van der Waals surface area contributed by atoms with E-state index in [9.17, 15) is 4.79 Å². The predicted octanol–water partition coefficient (Wildman–Crippen LogP) is 3.38. The molecule has 0 aliphatic heterocycles. The molecule has 0 bridgehead atoms. The van der Waals surface area contributed by atoms with Crippen LogP contribution < -0.4 is 10.6 Å². The van der Waals surface area contributed by atoms with Crippen molar-refractivity contribution in [3.63, 3.8) is 0 Å². The Hall–Kier alpha value is -2.04. The molecule has 1 aromatic heterocycles. The average molecular weight is 291 g/mol. The van der Waals surface area contributed by atoms with Crippen LogP contribution in [-0.4, -0.2) is 11.8 Å². The van der Waals surface area contributed by atoms with E-state index in [1.54, 1.807) is 0 Å². The zero-order valence-corrected chi connectivity index (χ0v) is 12.9. The normalized spacial score (nSPS) is 11.6. The predicted molar refractivity (Wildman–Crippen MR) is 78.7 cm³/mol. The molecule has 1 heterocycles. The van der Waals surface area contributed by atoms with E-state index in [4.69, 9.17) is 9.15 Å². The van der Waals surface area contributed by atoms with E-state index in [-0.39, 0.29) is 5.41 Å². The summed E-state index contributed by atoms with van der Waals surface area (Å²) in [5, 5.41) is 3.66. The van der Waals surface area contributed by atoms with Crippen LogP contribution in [0.15, 0.2) is 31.9 Å². The van der Waals surface area contributed by atoms with Gasteiger partial charge in [0.05, 0.1) is 6.61 Å². The number of hydrogen-bond acceptors (Lipinski definition) is 5. The molecule has 5 heteroatoms. The maximum absolute atomic E-state index is 10.9. The maximum Gasteiger partial charge on any atom is 0.542 e. The van der Waals surface area contributed by atoms with Crippen LogP contribution in [0.4, 0.5) is 0 Å². The Labute approximate surface area is 123 Å². The highest BCUT2D eigenvalue weighted by atomic mass is 16.6. The Kier molecular flexibility index (Phi) is 4.50. The summed E-state index contributed by atoms with van der Waals surface area (Å²) in [4.78, 5) is 10.9. The van der Waals surface area contributed by atoms with Gasteiger partial charge in [0, 0.05) is 5.41 Å². The second-order valence-corrected chi connectivity index (χ2v) is 5.94. The first-order chi connectivity index (χ1) is 9.88. The smallest absolute Gasteiger partial charge is 0.493 e. The molecule has 0 fully saturated rings. The monoisotopic (exact) mass is 291 g/mol. The Morgan fingerprint density at radius 2 is 2.05 bits per heavy atom. The fourth-order valence-electron chi connectivity index (χ4n) is 2.12. The van der Waals surface area contributed by atoms with E-state index in [2.05, 4.69) is 21.8 Å². The third-order valence-electron chi connectivity index (χ3n) is 3.51. The molecule has 0 N–H and O–H groups in total. The van der Waals surface area contributed by atoms with Crippen LogP contribution in [0.5, 0.6) is 5.75 Å². The van der Waals surface area contributed by atoms with Crippen molar-refractivity contribution in [1.82, 2.24) is 5.16 Å². The molecular formula is C16H21NO4. The largest absolute Gasteiger partial charge is 0.542 e. The molecule has 0 aliphatic carbocycles. The number of rotatable bonds is 6. The summed E-state index contributed by atoms with van der Waals surface area (Å²) >= 11 is 0. The molecule has 0 atom stereocenters.